The van der Waals surface area contributed by atoms with Crippen LogP contribution in [0.3, 0.4) is 0 Å². The minimum atomic E-state index is -5.19. The average molecular weight is 661 g/mol. The first-order valence-corrected chi connectivity index (χ1v) is 18.0. The van der Waals surface area contributed by atoms with Crippen LogP contribution in [0.25, 0.3) is 0 Å². The quantitative estimate of drug-likeness (QED) is 0.186. The molecule has 254 valence electrons. The number of nitrogens with zero attached hydrogens (tertiary/aromatic N) is 1. The van der Waals surface area contributed by atoms with Gasteiger partial charge in [0.2, 0.25) is 0 Å². The molecule has 1 amide bonds. The highest BCUT2D eigenvalue weighted by molar-refractivity contribution is 7.81. The van der Waals surface area contributed by atoms with E-state index < -0.39 is 10.5 Å². The molecule has 3 atom stereocenters. The summed E-state index contributed by atoms with van der Waals surface area (Å²) in [6.07, 6.45) is 12.3. The average Bonchev–Trinajstić information content (AvgIpc) is 3.49. The summed E-state index contributed by atoms with van der Waals surface area (Å²) in [5.41, 5.74) is 9.00. The number of piperidine rings is 1. The number of amides is 1. The van der Waals surface area contributed by atoms with Crippen molar-refractivity contribution in [3.05, 3.63) is 59.7 Å². The van der Waals surface area contributed by atoms with Crippen molar-refractivity contribution in [3.63, 3.8) is 0 Å². The van der Waals surface area contributed by atoms with Crippen LogP contribution < -0.4 is 31.0 Å². The van der Waals surface area contributed by atoms with Crippen LogP contribution in [-0.2, 0) is 17.0 Å². The molecule has 0 aromatic heterocycles. The summed E-state index contributed by atoms with van der Waals surface area (Å²) < 4.78 is 39.5. The van der Waals surface area contributed by atoms with Crippen molar-refractivity contribution in [1.29, 1.82) is 0 Å². The Kier molecular flexibility index (Phi) is 12.3. The predicted molar refractivity (Wildman–Crippen MR) is 176 cm³/mol. The second-order valence-electron chi connectivity index (χ2n) is 12.8. The van der Waals surface area contributed by atoms with E-state index in [1.807, 2.05) is 6.07 Å². The monoisotopic (exact) mass is 660 g/mol. The molecule has 2 aromatic rings. The van der Waals surface area contributed by atoms with Gasteiger partial charge in [-0.3, -0.25) is 9.69 Å². The third kappa shape index (κ3) is 9.17. The molecule has 3 unspecified atom stereocenters. The molecule has 3 aliphatic rings. The van der Waals surface area contributed by atoms with Gasteiger partial charge < -0.3 is 25.2 Å². The highest BCUT2D eigenvalue weighted by Crippen LogP contribution is 2.46. The normalized spacial score (nSPS) is 24.1. The molecule has 1 aliphatic carbocycles. The van der Waals surface area contributed by atoms with E-state index in [-0.39, 0.29) is 42.6 Å². The number of hydrazine groups is 1. The van der Waals surface area contributed by atoms with Crippen molar-refractivity contribution >= 4 is 22.1 Å². The molecule has 1 spiro atoms. The summed E-state index contributed by atoms with van der Waals surface area (Å²) in [6.45, 7) is 3.53. The lowest BCUT2D eigenvalue weighted by Crippen LogP contribution is -2.57. The van der Waals surface area contributed by atoms with E-state index in [4.69, 9.17) is 0 Å². The van der Waals surface area contributed by atoms with Gasteiger partial charge >= 0.3 is 10.5 Å². The molecular weight excluding hydrogens is 611 g/mol. The number of carbonyl (C=O) groups is 1. The van der Waals surface area contributed by atoms with Gasteiger partial charge in [-0.05, 0) is 67.8 Å². The lowest BCUT2D eigenvalue weighted by atomic mass is 9.64. The third-order valence-corrected chi connectivity index (χ3v) is 10.2. The smallest absolute Gasteiger partial charge is 0.396 e. The maximum absolute atomic E-state index is 13.1. The zero-order valence-electron chi connectivity index (χ0n) is 26.5. The standard InChI is InChI=1S/C33H49FN6O5S/c34-46(43,44)45-29-14-6-5-11-26(29)22-37-32(42)25-12-9-13-27(21-25)36-23-30-38-39-31(40(30)19-10-20-41)28-15-18-35-24-33(28)16-7-3-1-2-4-8-17-33/h5-6,9,11-14,21,28,30-31,35-36,38-39,41H,1-4,7-8,10,15-20,22-24H2,(H,37,42). The largest absolute Gasteiger partial charge is 0.488 e. The van der Waals surface area contributed by atoms with E-state index in [1.54, 1.807) is 30.3 Å². The van der Waals surface area contributed by atoms with Gasteiger partial charge in [0.05, 0.1) is 12.3 Å². The van der Waals surface area contributed by atoms with Gasteiger partial charge in [0.1, 0.15) is 5.75 Å². The number of para-hydroxylation sites is 1. The van der Waals surface area contributed by atoms with Gasteiger partial charge in [-0.25, -0.2) is 10.9 Å². The number of halogens is 1. The van der Waals surface area contributed by atoms with Crippen molar-refractivity contribution < 1.29 is 26.4 Å². The van der Waals surface area contributed by atoms with Gasteiger partial charge in [0, 0.05) is 49.6 Å². The number of benzene rings is 2. The van der Waals surface area contributed by atoms with Crippen molar-refractivity contribution in [2.45, 2.75) is 83.1 Å². The number of hydrogen-bond acceptors (Lipinski definition) is 10. The second kappa shape index (κ2) is 16.3. The van der Waals surface area contributed by atoms with Crippen LogP contribution in [0.5, 0.6) is 5.75 Å². The minimum Gasteiger partial charge on any atom is -0.396 e. The molecule has 3 fully saturated rings. The number of carbonyl (C=O) groups excluding carboxylic acids is 1. The fourth-order valence-corrected chi connectivity index (χ4v) is 7.93. The summed E-state index contributed by atoms with van der Waals surface area (Å²) >= 11 is 0. The maximum atomic E-state index is 13.1. The summed E-state index contributed by atoms with van der Waals surface area (Å²) in [6, 6.07) is 13.2. The molecule has 0 radical (unpaired) electrons. The lowest BCUT2D eigenvalue weighted by Gasteiger charge is -2.49. The zero-order chi connectivity index (χ0) is 32.4. The van der Waals surface area contributed by atoms with E-state index in [9.17, 15) is 22.2 Å². The van der Waals surface area contributed by atoms with E-state index >= 15 is 0 Å². The van der Waals surface area contributed by atoms with E-state index in [1.165, 1.54) is 63.5 Å². The van der Waals surface area contributed by atoms with Gasteiger partial charge in [0.25, 0.3) is 5.91 Å². The van der Waals surface area contributed by atoms with Crippen LogP contribution in [0, 0.1) is 11.3 Å². The number of hydrogen-bond donors (Lipinski definition) is 6. The Balaban J connectivity index is 1.22. The first-order valence-electron chi connectivity index (χ1n) is 16.7. The predicted octanol–water partition coefficient (Wildman–Crippen LogP) is 3.80. The van der Waals surface area contributed by atoms with Crippen LogP contribution in [0.2, 0.25) is 0 Å². The Morgan fingerprint density at radius 3 is 2.57 bits per heavy atom. The molecule has 2 saturated heterocycles. The molecule has 46 heavy (non-hydrogen) atoms. The maximum Gasteiger partial charge on any atom is 0.488 e. The topological polar surface area (TPSA) is 144 Å². The molecule has 2 aromatic carbocycles. The molecule has 1 saturated carbocycles. The molecule has 2 aliphatic heterocycles. The summed E-state index contributed by atoms with van der Waals surface area (Å²) in [7, 11) is -5.19. The first-order chi connectivity index (χ1) is 22.3. The fourth-order valence-electron chi connectivity index (χ4n) is 7.55. The molecule has 6 N–H and O–H groups in total. The molecular formula is C33H49FN6O5S. The number of rotatable bonds is 12. The van der Waals surface area contributed by atoms with Gasteiger partial charge in [-0.1, -0.05) is 66.7 Å². The van der Waals surface area contributed by atoms with Crippen LogP contribution in [-0.4, -0.2) is 69.4 Å². The molecule has 5 rings (SSSR count). The van der Waals surface area contributed by atoms with Crippen LogP contribution in [0.1, 0.15) is 80.1 Å². The summed E-state index contributed by atoms with van der Waals surface area (Å²) in [5.74, 6) is -0.0448. The Hall–Kier alpha value is -2.81. The fraction of sp³-hybridized carbons (Fsp3) is 0.606. The van der Waals surface area contributed by atoms with Crippen LogP contribution in [0.4, 0.5) is 9.57 Å². The SMILES string of the molecule is O=C(NCc1ccccc1OS(=O)(=O)F)c1cccc(NCC2NNC(C3CCNCC34CCCCCCCC4)N2CCCO)c1. The molecule has 2 heterocycles. The molecule has 13 heteroatoms. The van der Waals surface area contributed by atoms with E-state index in [2.05, 4.69) is 35.9 Å². The third-order valence-electron chi connectivity index (χ3n) is 9.83. The van der Waals surface area contributed by atoms with Gasteiger partial charge in [-0.15, -0.1) is 0 Å². The summed E-state index contributed by atoms with van der Waals surface area (Å²) in [5, 5.41) is 19.7. The number of anilines is 1. The minimum absolute atomic E-state index is 0.0133. The number of nitrogens with one attached hydrogen (secondary N) is 5. The molecule has 0 bridgehead atoms. The van der Waals surface area contributed by atoms with Crippen LogP contribution in [0.15, 0.2) is 48.5 Å². The Morgan fingerprint density at radius 1 is 1.04 bits per heavy atom. The Labute approximate surface area is 272 Å². The van der Waals surface area contributed by atoms with Gasteiger partial charge in [-0.2, -0.15) is 8.42 Å². The lowest BCUT2D eigenvalue weighted by molar-refractivity contribution is 0.00441. The van der Waals surface area contributed by atoms with Crippen molar-refractivity contribution in [3.8, 4) is 5.75 Å². The van der Waals surface area contributed by atoms with Crippen molar-refractivity contribution in [2.75, 3.05) is 38.1 Å². The molecule has 11 nitrogen and oxygen atoms in total. The number of aliphatic hydroxyl groups is 1. The van der Waals surface area contributed by atoms with Crippen molar-refractivity contribution in [1.82, 2.24) is 26.4 Å². The zero-order valence-corrected chi connectivity index (χ0v) is 27.3. The first kappa shape index (κ1) is 34.5. The van der Waals surface area contributed by atoms with Gasteiger partial charge in [0.15, 0.2) is 0 Å². The summed E-state index contributed by atoms with van der Waals surface area (Å²) in [4.78, 5) is 15.5. The van der Waals surface area contributed by atoms with Crippen molar-refractivity contribution in [2.24, 2.45) is 11.3 Å². The Morgan fingerprint density at radius 2 is 1.80 bits per heavy atom. The van der Waals surface area contributed by atoms with E-state index in [0.717, 1.165) is 31.7 Å². The second-order valence-corrected chi connectivity index (χ2v) is 13.8. The Bertz CT molecular complexity index is 1390. The number of aliphatic hydroxyl groups excluding tert-OH is 1. The highest BCUT2D eigenvalue weighted by Gasteiger charge is 2.48. The highest BCUT2D eigenvalue weighted by atomic mass is 32.3. The van der Waals surface area contributed by atoms with Crippen LogP contribution >= 0.6 is 0 Å². The van der Waals surface area contributed by atoms with E-state index in [0.29, 0.717) is 30.0 Å².